The highest BCUT2D eigenvalue weighted by atomic mass is 35.5. The predicted octanol–water partition coefficient (Wildman–Crippen LogP) is 6.15. The second kappa shape index (κ2) is 10.8. The Balaban J connectivity index is 1.81. The second-order valence-corrected chi connectivity index (χ2v) is 9.79. The Morgan fingerprint density at radius 3 is 2.50 bits per heavy atom. The number of ketones is 1. The summed E-state index contributed by atoms with van der Waals surface area (Å²) < 4.78 is 11.3. The number of phenols is 1. The third kappa shape index (κ3) is 5.14. The van der Waals surface area contributed by atoms with Crippen LogP contribution in [0.15, 0.2) is 65.0 Å². The van der Waals surface area contributed by atoms with Gasteiger partial charge in [-0.15, -0.1) is 0 Å². The Morgan fingerprint density at radius 1 is 1.14 bits per heavy atom. The number of hydrogen-bond donors (Lipinski definition) is 2. The molecule has 36 heavy (non-hydrogen) atoms. The molecule has 1 aliphatic carbocycles. The standard InChI is InChI=1S/C29H32ClNO5/c1-5-16(3)36-29(34)26-17(4)31-22-13-20(18-7-10-21(30)11-8-18)14-24(33)28(22)27(26)19-9-12-23(32)25(15-19)35-6-2/h7-12,15-16,20,27,31-32H,5-6,13-14H2,1-4H3/t16-,20+,27-/m1/s1. The van der Waals surface area contributed by atoms with E-state index in [1.54, 1.807) is 18.2 Å². The van der Waals surface area contributed by atoms with Gasteiger partial charge in [0.1, 0.15) is 0 Å². The largest absolute Gasteiger partial charge is 0.504 e. The molecule has 0 spiro atoms. The number of ether oxygens (including phenoxy) is 2. The van der Waals surface area contributed by atoms with Crippen molar-refractivity contribution in [2.75, 3.05) is 6.61 Å². The topological polar surface area (TPSA) is 84.9 Å². The van der Waals surface area contributed by atoms with Gasteiger partial charge >= 0.3 is 5.97 Å². The van der Waals surface area contributed by atoms with Crippen molar-refractivity contribution >= 4 is 23.4 Å². The van der Waals surface area contributed by atoms with Crippen LogP contribution < -0.4 is 10.1 Å². The number of aromatic hydroxyl groups is 1. The van der Waals surface area contributed by atoms with Crippen LogP contribution in [0.5, 0.6) is 11.5 Å². The molecule has 0 fully saturated rings. The van der Waals surface area contributed by atoms with Crippen molar-refractivity contribution in [1.29, 1.82) is 0 Å². The van der Waals surface area contributed by atoms with E-state index in [1.807, 2.05) is 52.0 Å². The molecule has 2 N–H and O–H groups in total. The molecule has 0 saturated heterocycles. The number of carbonyl (C=O) groups is 2. The van der Waals surface area contributed by atoms with Gasteiger partial charge in [0.05, 0.1) is 18.3 Å². The molecule has 2 aliphatic rings. The average Bonchev–Trinajstić information content (AvgIpc) is 2.84. The maximum Gasteiger partial charge on any atom is 0.337 e. The fraction of sp³-hybridized carbons (Fsp3) is 0.379. The molecule has 0 aromatic heterocycles. The molecule has 190 valence electrons. The number of Topliss-reactive ketones (excluding diaryl/α,β-unsaturated/α-hetero) is 1. The zero-order valence-corrected chi connectivity index (χ0v) is 21.8. The number of rotatable bonds is 7. The lowest BCUT2D eigenvalue weighted by Crippen LogP contribution is -2.36. The number of esters is 1. The number of phenolic OH excluding ortho intramolecular Hbond substituents is 1. The maximum absolute atomic E-state index is 13.7. The summed E-state index contributed by atoms with van der Waals surface area (Å²) >= 11 is 6.07. The molecular formula is C29H32ClNO5. The number of carbonyl (C=O) groups excluding carboxylic acids is 2. The van der Waals surface area contributed by atoms with E-state index in [0.29, 0.717) is 59.0 Å². The van der Waals surface area contributed by atoms with Crippen molar-refractivity contribution in [2.24, 2.45) is 0 Å². The van der Waals surface area contributed by atoms with Crippen LogP contribution in [0.4, 0.5) is 0 Å². The van der Waals surface area contributed by atoms with Crippen LogP contribution in [0, 0.1) is 0 Å². The van der Waals surface area contributed by atoms with Gasteiger partial charge in [0.25, 0.3) is 0 Å². The summed E-state index contributed by atoms with van der Waals surface area (Å²) in [5.74, 6) is -0.792. The summed E-state index contributed by atoms with van der Waals surface area (Å²) in [6, 6.07) is 12.6. The highest BCUT2D eigenvalue weighted by Gasteiger charge is 2.42. The Bertz CT molecular complexity index is 1230. The average molecular weight is 510 g/mol. The van der Waals surface area contributed by atoms with E-state index in [0.717, 1.165) is 11.3 Å². The van der Waals surface area contributed by atoms with E-state index in [9.17, 15) is 14.7 Å². The highest BCUT2D eigenvalue weighted by Crippen LogP contribution is 2.47. The summed E-state index contributed by atoms with van der Waals surface area (Å²) in [6.45, 7) is 7.84. The van der Waals surface area contributed by atoms with Crippen LogP contribution >= 0.6 is 11.6 Å². The number of hydrogen-bond acceptors (Lipinski definition) is 6. The normalized spacial score (nSPS) is 20.5. The number of allylic oxidation sites excluding steroid dienone is 3. The Morgan fingerprint density at radius 2 is 1.83 bits per heavy atom. The number of dihydropyridines is 1. The molecule has 0 saturated carbocycles. The van der Waals surface area contributed by atoms with Gasteiger partial charge in [-0.2, -0.15) is 0 Å². The molecule has 0 radical (unpaired) electrons. The van der Waals surface area contributed by atoms with Crippen LogP contribution in [0.3, 0.4) is 0 Å². The molecule has 7 heteroatoms. The Kier molecular flexibility index (Phi) is 7.74. The van der Waals surface area contributed by atoms with Crippen molar-refractivity contribution in [3.63, 3.8) is 0 Å². The summed E-state index contributed by atoms with van der Waals surface area (Å²) in [6.07, 6.45) is 1.37. The zero-order valence-electron chi connectivity index (χ0n) is 21.1. The minimum atomic E-state index is -0.628. The zero-order chi connectivity index (χ0) is 26.0. The first-order valence-electron chi connectivity index (χ1n) is 12.4. The first-order valence-corrected chi connectivity index (χ1v) is 12.8. The quantitative estimate of drug-likeness (QED) is 0.435. The fourth-order valence-corrected chi connectivity index (χ4v) is 5.05. The number of halogens is 1. The maximum atomic E-state index is 13.7. The molecule has 1 aliphatic heterocycles. The van der Waals surface area contributed by atoms with Gasteiger partial charge in [0, 0.05) is 34.3 Å². The SMILES string of the molecule is CCOc1cc([C@@H]2C(C(=O)O[C@H](C)CC)=C(C)NC3=C2C(=O)C[C@@H](c2ccc(Cl)cc2)C3)ccc1O. The van der Waals surface area contributed by atoms with Gasteiger partial charge in [0.2, 0.25) is 0 Å². The van der Waals surface area contributed by atoms with E-state index < -0.39 is 11.9 Å². The molecule has 3 atom stereocenters. The Hall–Kier alpha value is -3.25. The number of nitrogens with one attached hydrogen (secondary N) is 1. The predicted molar refractivity (Wildman–Crippen MR) is 139 cm³/mol. The van der Waals surface area contributed by atoms with E-state index in [1.165, 1.54) is 0 Å². The molecular weight excluding hydrogens is 478 g/mol. The van der Waals surface area contributed by atoms with E-state index in [4.69, 9.17) is 21.1 Å². The van der Waals surface area contributed by atoms with Gasteiger partial charge in [0.15, 0.2) is 17.3 Å². The summed E-state index contributed by atoms with van der Waals surface area (Å²) in [7, 11) is 0. The minimum absolute atomic E-state index is 0.00175. The van der Waals surface area contributed by atoms with Gasteiger partial charge in [-0.3, -0.25) is 4.79 Å². The van der Waals surface area contributed by atoms with E-state index in [-0.39, 0.29) is 23.6 Å². The van der Waals surface area contributed by atoms with Crippen molar-refractivity contribution in [3.05, 3.63) is 81.2 Å². The van der Waals surface area contributed by atoms with E-state index >= 15 is 0 Å². The van der Waals surface area contributed by atoms with Crippen LogP contribution in [-0.2, 0) is 14.3 Å². The lowest BCUT2D eigenvalue weighted by Gasteiger charge is -2.37. The van der Waals surface area contributed by atoms with Crippen LogP contribution in [-0.4, -0.2) is 29.6 Å². The second-order valence-electron chi connectivity index (χ2n) is 9.35. The monoisotopic (exact) mass is 509 g/mol. The summed E-state index contributed by atoms with van der Waals surface area (Å²) in [5, 5.41) is 14.3. The number of benzene rings is 2. The first kappa shape index (κ1) is 25.8. The van der Waals surface area contributed by atoms with Gasteiger partial charge in [-0.05, 0) is 74.9 Å². The van der Waals surface area contributed by atoms with Gasteiger partial charge in [-0.25, -0.2) is 4.79 Å². The molecule has 1 heterocycles. The minimum Gasteiger partial charge on any atom is -0.504 e. The first-order chi connectivity index (χ1) is 17.2. The molecule has 4 rings (SSSR count). The van der Waals surface area contributed by atoms with Crippen molar-refractivity contribution < 1.29 is 24.2 Å². The van der Waals surface area contributed by atoms with Crippen LogP contribution in [0.1, 0.15) is 69.9 Å². The highest BCUT2D eigenvalue weighted by molar-refractivity contribution is 6.30. The molecule has 2 aromatic carbocycles. The molecule has 0 amide bonds. The van der Waals surface area contributed by atoms with Gasteiger partial charge in [-0.1, -0.05) is 36.7 Å². The van der Waals surface area contributed by atoms with Crippen molar-refractivity contribution in [3.8, 4) is 11.5 Å². The van der Waals surface area contributed by atoms with Crippen molar-refractivity contribution in [1.82, 2.24) is 5.32 Å². The fourth-order valence-electron chi connectivity index (χ4n) is 4.92. The summed E-state index contributed by atoms with van der Waals surface area (Å²) in [4.78, 5) is 27.1. The molecule has 0 bridgehead atoms. The Labute approximate surface area is 216 Å². The molecule has 6 nitrogen and oxygen atoms in total. The van der Waals surface area contributed by atoms with Crippen molar-refractivity contribution in [2.45, 2.75) is 64.9 Å². The lowest BCUT2D eigenvalue weighted by molar-refractivity contribution is -0.144. The van der Waals surface area contributed by atoms with Crippen LogP contribution in [0.2, 0.25) is 5.02 Å². The van der Waals surface area contributed by atoms with Gasteiger partial charge < -0.3 is 19.9 Å². The third-order valence-electron chi connectivity index (χ3n) is 6.89. The smallest absolute Gasteiger partial charge is 0.337 e. The summed E-state index contributed by atoms with van der Waals surface area (Å²) in [5.41, 5.74) is 4.17. The molecule has 0 unspecified atom stereocenters. The van der Waals surface area contributed by atoms with E-state index in [2.05, 4.69) is 5.32 Å². The molecule has 2 aromatic rings. The third-order valence-corrected chi connectivity index (χ3v) is 7.14. The lowest BCUT2D eigenvalue weighted by atomic mass is 9.71. The van der Waals surface area contributed by atoms with Crippen LogP contribution in [0.25, 0.3) is 0 Å².